The smallest absolute Gasteiger partial charge is 0.191 e. The molecule has 120 valence electrons. The van der Waals surface area contributed by atoms with Crippen LogP contribution in [0.25, 0.3) is 0 Å². The van der Waals surface area contributed by atoms with Crippen molar-refractivity contribution in [2.24, 2.45) is 4.99 Å². The number of aliphatic imine (C=N–C) groups is 1. The van der Waals surface area contributed by atoms with E-state index in [2.05, 4.69) is 45.9 Å². The zero-order valence-corrected chi connectivity index (χ0v) is 15.4. The van der Waals surface area contributed by atoms with Gasteiger partial charge >= 0.3 is 0 Å². The largest absolute Gasteiger partial charge is 0.356 e. The van der Waals surface area contributed by atoms with Gasteiger partial charge in [0.1, 0.15) is 5.01 Å². The number of rotatable bonds is 6. The molecule has 7 heteroatoms. The number of nitrogens with one attached hydrogen (secondary N) is 2. The van der Waals surface area contributed by atoms with Crippen LogP contribution >= 0.6 is 34.3 Å². The van der Waals surface area contributed by atoms with E-state index < -0.39 is 0 Å². The van der Waals surface area contributed by atoms with Crippen molar-refractivity contribution in [1.82, 2.24) is 15.6 Å². The van der Waals surface area contributed by atoms with Crippen LogP contribution in [0, 0.1) is 0 Å². The minimum Gasteiger partial charge on any atom is -0.356 e. The van der Waals surface area contributed by atoms with Crippen LogP contribution in [0.4, 0.5) is 0 Å². The fourth-order valence-electron chi connectivity index (χ4n) is 1.84. The first-order chi connectivity index (χ1) is 10.6. The van der Waals surface area contributed by atoms with Gasteiger partial charge in [-0.15, -0.1) is 22.7 Å². The molecule has 0 fully saturated rings. The second kappa shape index (κ2) is 8.50. The molecule has 2 aromatic rings. The zero-order valence-electron chi connectivity index (χ0n) is 13.0. The minimum absolute atomic E-state index is 0.472. The molecule has 0 aliphatic rings. The quantitative estimate of drug-likeness (QED) is 0.609. The van der Waals surface area contributed by atoms with Gasteiger partial charge in [0.05, 0.1) is 16.6 Å². The minimum atomic E-state index is 0.472. The van der Waals surface area contributed by atoms with E-state index in [1.807, 2.05) is 6.07 Å². The summed E-state index contributed by atoms with van der Waals surface area (Å²) in [5.41, 5.74) is 1.15. The predicted octanol–water partition coefficient (Wildman–Crippen LogP) is 3.89. The second-order valence-electron chi connectivity index (χ2n) is 5.13. The van der Waals surface area contributed by atoms with Crippen molar-refractivity contribution in [3.05, 3.63) is 37.4 Å². The van der Waals surface area contributed by atoms with Gasteiger partial charge in [-0.2, -0.15) is 0 Å². The predicted molar refractivity (Wildman–Crippen MR) is 97.4 cm³/mol. The van der Waals surface area contributed by atoms with Crippen molar-refractivity contribution in [3.63, 3.8) is 0 Å². The average molecular weight is 357 g/mol. The molecule has 0 aromatic carbocycles. The third kappa shape index (κ3) is 5.26. The van der Waals surface area contributed by atoms with Crippen LogP contribution in [0.3, 0.4) is 0 Å². The molecule has 2 N–H and O–H groups in total. The Kier molecular flexibility index (Phi) is 6.67. The van der Waals surface area contributed by atoms with Crippen LogP contribution in [-0.4, -0.2) is 24.5 Å². The molecule has 0 atom stereocenters. The van der Waals surface area contributed by atoms with Crippen LogP contribution in [0.1, 0.15) is 35.3 Å². The summed E-state index contributed by atoms with van der Waals surface area (Å²) in [5.74, 6) is 1.27. The summed E-state index contributed by atoms with van der Waals surface area (Å²) in [6.45, 7) is 5.83. The van der Waals surface area contributed by atoms with Crippen molar-refractivity contribution in [3.8, 4) is 0 Å². The molecule has 2 aromatic heterocycles. The Morgan fingerprint density at radius 3 is 2.77 bits per heavy atom. The van der Waals surface area contributed by atoms with Crippen LogP contribution in [0.15, 0.2) is 22.5 Å². The topological polar surface area (TPSA) is 49.3 Å². The van der Waals surface area contributed by atoms with E-state index >= 15 is 0 Å². The third-order valence-electron chi connectivity index (χ3n) is 3.08. The molecule has 0 aliphatic carbocycles. The Morgan fingerprint density at radius 1 is 1.36 bits per heavy atom. The molecule has 0 amide bonds. The van der Waals surface area contributed by atoms with Gasteiger partial charge in [0, 0.05) is 23.8 Å². The highest BCUT2D eigenvalue weighted by atomic mass is 35.5. The van der Waals surface area contributed by atoms with E-state index in [-0.39, 0.29) is 0 Å². The lowest BCUT2D eigenvalue weighted by atomic mass is 10.2. The maximum atomic E-state index is 5.93. The lowest BCUT2D eigenvalue weighted by Crippen LogP contribution is -2.37. The summed E-state index contributed by atoms with van der Waals surface area (Å²) in [7, 11) is 1.78. The highest BCUT2D eigenvalue weighted by Crippen LogP contribution is 2.21. The number of thiophene rings is 1. The van der Waals surface area contributed by atoms with Crippen molar-refractivity contribution >= 4 is 40.2 Å². The lowest BCUT2D eigenvalue weighted by Gasteiger charge is -2.10. The van der Waals surface area contributed by atoms with Crippen LogP contribution in [0.5, 0.6) is 0 Å². The summed E-state index contributed by atoms with van der Waals surface area (Å²) in [6, 6.07) is 4.00. The van der Waals surface area contributed by atoms with Gasteiger partial charge in [-0.3, -0.25) is 4.99 Å². The Hall–Kier alpha value is -1.11. The van der Waals surface area contributed by atoms with Crippen LogP contribution in [-0.2, 0) is 13.0 Å². The van der Waals surface area contributed by atoms with Crippen molar-refractivity contribution in [1.29, 1.82) is 0 Å². The number of aromatic nitrogens is 1. The number of nitrogens with zero attached hydrogens (tertiary/aromatic N) is 2. The molecule has 0 aliphatic heterocycles. The van der Waals surface area contributed by atoms with Gasteiger partial charge in [-0.25, -0.2) is 4.98 Å². The summed E-state index contributed by atoms with van der Waals surface area (Å²) >= 11 is 9.23. The highest BCUT2D eigenvalue weighted by molar-refractivity contribution is 7.16. The standard InChI is InChI=1S/C15H21ClN4S2/c1-10(2)12-9-21-14(20-12)8-19-15(17-3)18-7-6-11-4-5-13(16)22-11/h4-5,9-10H,6-8H2,1-3H3,(H2,17,18,19). The molecular formula is C15H21ClN4S2. The molecular weight excluding hydrogens is 336 g/mol. The van der Waals surface area contributed by atoms with Gasteiger partial charge in [0.25, 0.3) is 0 Å². The molecule has 0 saturated heterocycles. The summed E-state index contributed by atoms with van der Waals surface area (Å²) < 4.78 is 0.835. The number of thiazole rings is 1. The fourth-order valence-corrected chi connectivity index (χ4v) is 3.82. The Labute approximate surface area is 144 Å². The molecule has 2 heterocycles. The van der Waals surface area contributed by atoms with E-state index in [1.54, 1.807) is 29.7 Å². The zero-order chi connectivity index (χ0) is 15.9. The van der Waals surface area contributed by atoms with E-state index in [9.17, 15) is 0 Å². The molecule has 4 nitrogen and oxygen atoms in total. The number of guanidine groups is 1. The summed E-state index contributed by atoms with van der Waals surface area (Å²) in [6.07, 6.45) is 0.937. The Bertz CT molecular complexity index is 619. The first-order valence-electron chi connectivity index (χ1n) is 7.21. The van der Waals surface area contributed by atoms with Crippen molar-refractivity contribution in [2.75, 3.05) is 13.6 Å². The summed E-state index contributed by atoms with van der Waals surface area (Å²) in [4.78, 5) is 10.1. The van der Waals surface area contributed by atoms with Gasteiger partial charge in [-0.05, 0) is 24.5 Å². The maximum Gasteiger partial charge on any atom is 0.191 e. The third-order valence-corrected chi connectivity index (χ3v) is 5.24. The van der Waals surface area contributed by atoms with Crippen molar-refractivity contribution in [2.45, 2.75) is 32.7 Å². The monoisotopic (exact) mass is 356 g/mol. The first-order valence-corrected chi connectivity index (χ1v) is 9.29. The number of halogens is 1. The molecule has 0 bridgehead atoms. The Balaban J connectivity index is 1.74. The van der Waals surface area contributed by atoms with Gasteiger partial charge in [-0.1, -0.05) is 25.4 Å². The van der Waals surface area contributed by atoms with Crippen molar-refractivity contribution < 1.29 is 0 Å². The van der Waals surface area contributed by atoms with E-state index in [1.165, 1.54) is 4.88 Å². The lowest BCUT2D eigenvalue weighted by molar-refractivity contribution is 0.781. The fraction of sp³-hybridized carbons (Fsp3) is 0.467. The number of hydrogen-bond acceptors (Lipinski definition) is 4. The van der Waals surface area contributed by atoms with Crippen LogP contribution in [0.2, 0.25) is 4.34 Å². The molecule has 0 spiro atoms. The molecule has 2 rings (SSSR count). The van der Waals surface area contributed by atoms with Gasteiger partial charge in [0.2, 0.25) is 0 Å². The highest BCUT2D eigenvalue weighted by Gasteiger charge is 2.06. The summed E-state index contributed by atoms with van der Waals surface area (Å²) in [5, 5.41) is 9.80. The van der Waals surface area contributed by atoms with Gasteiger partial charge < -0.3 is 10.6 Å². The van der Waals surface area contributed by atoms with Crippen LogP contribution < -0.4 is 10.6 Å². The van der Waals surface area contributed by atoms with E-state index in [4.69, 9.17) is 11.6 Å². The molecule has 0 radical (unpaired) electrons. The second-order valence-corrected chi connectivity index (χ2v) is 7.87. The average Bonchev–Trinajstić information content (AvgIpc) is 3.11. The molecule has 22 heavy (non-hydrogen) atoms. The SMILES string of the molecule is CN=C(NCCc1ccc(Cl)s1)NCc1nc(C(C)C)cs1. The number of hydrogen-bond donors (Lipinski definition) is 2. The van der Waals surface area contributed by atoms with E-state index in [0.717, 1.165) is 34.0 Å². The van der Waals surface area contributed by atoms with E-state index in [0.29, 0.717) is 12.5 Å². The molecule has 0 saturated carbocycles. The maximum absolute atomic E-state index is 5.93. The normalized spacial score (nSPS) is 12.0. The Morgan fingerprint density at radius 2 is 2.18 bits per heavy atom. The van der Waals surface area contributed by atoms with Gasteiger partial charge in [0.15, 0.2) is 5.96 Å². The first kappa shape index (κ1) is 17.2. The molecule has 0 unspecified atom stereocenters.